The maximum absolute atomic E-state index is 12.8. The van der Waals surface area contributed by atoms with E-state index in [0.29, 0.717) is 23.5 Å². The van der Waals surface area contributed by atoms with Gasteiger partial charge in [-0.1, -0.05) is 36.4 Å². The molecule has 4 rings (SSSR count). The van der Waals surface area contributed by atoms with E-state index in [9.17, 15) is 18.0 Å². The highest BCUT2D eigenvalue weighted by molar-refractivity contribution is 7.05. The molecule has 1 heterocycles. The van der Waals surface area contributed by atoms with Crippen molar-refractivity contribution < 1.29 is 18.0 Å². The third-order valence-corrected chi connectivity index (χ3v) is 5.44. The van der Waals surface area contributed by atoms with Crippen LogP contribution in [0.2, 0.25) is 0 Å². The van der Waals surface area contributed by atoms with E-state index >= 15 is 0 Å². The number of hydrogen-bond acceptors (Lipinski definition) is 4. The standard InChI is InChI=1S/C22H16F3N3OS/c1-13-27-20(30-28-13)12-26-21(29)16-7-10-19-15(11-16)3-2-4-18(19)14-5-8-17(9-6-14)22(23,24)25/h2-11H,12H2,1H3,(H,26,29). The smallest absolute Gasteiger partial charge is 0.345 e. The molecule has 0 aliphatic heterocycles. The van der Waals surface area contributed by atoms with Gasteiger partial charge in [-0.3, -0.25) is 4.79 Å². The molecule has 4 aromatic rings. The maximum atomic E-state index is 12.8. The van der Waals surface area contributed by atoms with Crippen molar-refractivity contribution in [3.63, 3.8) is 0 Å². The maximum Gasteiger partial charge on any atom is 0.416 e. The van der Waals surface area contributed by atoms with Crippen LogP contribution in [0.1, 0.15) is 26.8 Å². The van der Waals surface area contributed by atoms with E-state index in [4.69, 9.17) is 0 Å². The van der Waals surface area contributed by atoms with Crippen molar-refractivity contribution in [1.82, 2.24) is 14.7 Å². The van der Waals surface area contributed by atoms with Gasteiger partial charge in [0.2, 0.25) is 0 Å². The highest BCUT2D eigenvalue weighted by Crippen LogP contribution is 2.33. The van der Waals surface area contributed by atoms with E-state index in [1.165, 1.54) is 23.7 Å². The van der Waals surface area contributed by atoms with Gasteiger partial charge in [0, 0.05) is 5.56 Å². The Labute approximate surface area is 174 Å². The van der Waals surface area contributed by atoms with Crippen molar-refractivity contribution in [2.45, 2.75) is 19.6 Å². The molecule has 4 nitrogen and oxygen atoms in total. The van der Waals surface area contributed by atoms with Crippen LogP contribution in [-0.2, 0) is 12.7 Å². The summed E-state index contributed by atoms with van der Waals surface area (Å²) in [6, 6.07) is 15.9. The quantitative estimate of drug-likeness (QED) is 0.460. The van der Waals surface area contributed by atoms with E-state index in [0.717, 1.165) is 33.5 Å². The van der Waals surface area contributed by atoms with Crippen LogP contribution in [0.15, 0.2) is 60.7 Å². The first-order valence-corrected chi connectivity index (χ1v) is 9.86. The molecule has 1 amide bonds. The summed E-state index contributed by atoms with van der Waals surface area (Å²) < 4.78 is 42.6. The summed E-state index contributed by atoms with van der Waals surface area (Å²) in [6.45, 7) is 2.09. The van der Waals surface area contributed by atoms with Gasteiger partial charge in [0.25, 0.3) is 5.91 Å². The minimum absolute atomic E-state index is 0.232. The van der Waals surface area contributed by atoms with Crippen molar-refractivity contribution in [3.05, 3.63) is 82.6 Å². The fourth-order valence-corrected chi connectivity index (χ4v) is 3.77. The second-order valence-electron chi connectivity index (χ2n) is 6.73. The average molecular weight is 427 g/mol. The summed E-state index contributed by atoms with van der Waals surface area (Å²) in [5, 5.41) is 5.23. The topological polar surface area (TPSA) is 54.9 Å². The van der Waals surface area contributed by atoms with Gasteiger partial charge in [-0.05, 0) is 64.6 Å². The Kier molecular flexibility index (Phi) is 5.26. The van der Waals surface area contributed by atoms with E-state index in [1.54, 1.807) is 19.1 Å². The summed E-state index contributed by atoms with van der Waals surface area (Å²) in [4.78, 5) is 16.7. The number of aromatic nitrogens is 2. The van der Waals surface area contributed by atoms with Crippen LogP contribution in [0.5, 0.6) is 0 Å². The van der Waals surface area contributed by atoms with Gasteiger partial charge in [0.15, 0.2) is 0 Å². The number of carbonyl (C=O) groups is 1. The predicted octanol–water partition coefficient (Wildman–Crippen LogP) is 5.62. The summed E-state index contributed by atoms with van der Waals surface area (Å²) in [6.07, 6.45) is -4.37. The first kappa shape index (κ1) is 20.0. The minimum atomic E-state index is -4.37. The van der Waals surface area contributed by atoms with E-state index in [-0.39, 0.29) is 5.91 Å². The summed E-state index contributed by atoms with van der Waals surface area (Å²) in [5.74, 6) is 0.440. The Balaban J connectivity index is 1.59. The molecule has 0 saturated carbocycles. The molecular formula is C22H16F3N3OS. The van der Waals surface area contributed by atoms with E-state index in [1.807, 2.05) is 24.3 Å². The van der Waals surface area contributed by atoms with Crippen LogP contribution in [0.25, 0.3) is 21.9 Å². The van der Waals surface area contributed by atoms with Crippen LogP contribution in [0.4, 0.5) is 13.2 Å². The zero-order valence-electron chi connectivity index (χ0n) is 15.8. The van der Waals surface area contributed by atoms with Crippen LogP contribution >= 0.6 is 11.5 Å². The highest BCUT2D eigenvalue weighted by Gasteiger charge is 2.30. The fraction of sp³-hybridized carbons (Fsp3) is 0.136. The normalized spacial score (nSPS) is 11.6. The molecular weight excluding hydrogens is 411 g/mol. The SMILES string of the molecule is Cc1nsc(CNC(=O)c2ccc3c(-c4ccc(C(F)(F)F)cc4)cccc3c2)n1. The van der Waals surface area contributed by atoms with Gasteiger partial charge >= 0.3 is 6.18 Å². The van der Waals surface area contributed by atoms with Crippen molar-refractivity contribution in [1.29, 1.82) is 0 Å². The molecule has 0 atom stereocenters. The highest BCUT2D eigenvalue weighted by atomic mass is 32.1. The van der Waals surface area contributed by atoms with Gasteiger partial charge in [0.05, 0.1) is 12.1 Å². The molecule has 1 aromatic heterocycles. The number of carbonyl (C=O) groups excluding carboxylic acids is 1. The minimum Gasteiger partial charge on any atom is -0.345 e. The zero-order chi connectivity index (χ0) is 21.3. The van der Waals surface area contributed by atoms with Crippen molar-refractivity contribution in [2.24, 2.45) is 0 Å². The fourth-order valence-electron chi connectivity index (χ4n) is 3.19. The van der Waals surface area contributed by atoms with E-state index < -0.39 is 11.7 Å². The number of alkyl halides is 3. The molecule has 8 heteroatoms. The lowest BCUT2D eigenvalue weighted by Gasteiger charge is -2.11. The third-order valence-electron chi connectivity index (χ3n) is 4.64. The van der Waals surface area contributed by atoms with E-state index in [2.05, 4.69) is 14.7 Å². The molecule has 0 radical (unpaired) electrons. The number of halogens is 3. The Morgan fingerprint density at radius 3 is 2.50 bits per heavy atom. The number of nitrogens with one attached hydrogen (secondary N) is 1. The molecule has 0 aliphatic rings. The van der Waals surface area contributed by atoms with Gasteiger partial charge < -0.3 is 5.32 Å². The van der Waals surface area contributed by atoms with Crippen LogP contribution < -0.4 is 5.32 Å². The zero-order valence-corrected chi connectivity index (χ0v) is 16.6. The van der Waals surface area contributed by atoms with Crippen LogP contribution in [0.3, 0.4) is 0 Å². The van der Waals surface area contributed by atoms with Crippen molar-refractivity contribution in [2.75, 3.05) is 0 Å². The molecule has 0 bridgehead atoms. The molecule has 0 unspecified atom stereocenters. The third kappa shape index (κ3) is 4.18. The van der Waals surface area contributed by atoms with Gasteiger partial charge in [0.1, 0.15) is 10.8 Å². The Bertz CT molecular complexity index is 1220. The molecule has 0 spiro atoms. The lowest BCUT2D eigenvalue weighted by molar-refractivity contribution is -0.137. The number of rotatable bonds is 4. The molecule has 152 valence electrons. The number of benzene rings is 3. The first-order chi connectivity index (χ1) is 14.3. The monoisotopic (exact) mass is 427 g/mol. The van der Waals surface area contributed by atoms with Crippen LogP contribution in [0, 0.1) is 6.92 Å². The summed E-state index contributed by atoms with van der Waals surface area (Å²) in [5.41, 5.74) is 1.29. The second-order valence-corrected chi connectivity index (χ2v) is 7.57. The van der Waals surface area contributed by atoms with Gasteiger partial charge in [-0.25, -0.2) is 4.98 Å². The Morgan fingerprint density at radius 1 is 1.07 bits per heavy atom. The molecule has 0 saturated heterocycles. The molecule has 0 aliphatic carbocycles. The number of amides is 1. The number of nitrogens with zero attached hydrogens (tertiary/aromatic N) is 2. The summed E-state index contributed by atoms with van der Waals surface area (Å²) in [7, 11) is 0. The number of hydrogen-bond donors (Lipinski definition) is 1. The lowest BCUT2D eigenvalue weighted by atomic mass is 9.96. The van der Waals surface area contributed by atoms with Crippen LogP contribution in [-0.4, -0.2) is 15.3 Å². The van der Waals surface area contributed by atoms with Gasteiger partial charge in [-0.2, -0.15) is 17.5 Å². The predicted molar refractivity (Wildman–Crippen MR) is 110 cm³/mol. The van der Waals surface area contributed by atoms with Gasteiger partial charge in [-0.15, -0.1) is 0 Å². The Morgan fingerprint density at radius 2 is 1.83 bits per heavy atom. The van der Waals surface area contributed by atoms with Crippen molar-refractivity contribution in [3.8, 4) is 11.1 Å². The number of fused-ring (bicyclic) bond motifs is 1. The second kappa shape index (κ2) is 7.87. The summed E-state index contributed by atoms with van der Waals surface area (Å²) >= 11 is 1.25. The molecule has 3 aromatic carbocycles. The number of aryl methyl sites for hydroxylation is 1. The first-order valence-electron chi connectivity index (χ1n) is 9.09. The average Bonchev–Trinajstić information content (AvgIpc) is 3.15. The molecule has 30 heavy (non-hydrogen) atoms. The largest absolute Gasteiger partial charge is 0.416 e. The molecule has 1 N–H and O–H groups in total. The lowest BCUT2D eigenvalue weighted by Crippen LogP contribution is -2.22. The Hall–Kier alpha value is -3.26. The molecule has 0 fully saturated rings. The van der Waals surface area contributed by atoms with Crippen molar-refractivity contribution >= 4 is 28.2 Å².